The van der Waals surface area contributed by atoms with Crippen LogP contribution in [0, 0.1) is 6.92 Å². The van der Waals surface area contributed by atoms with Crippen LogP contribution in [0.25, 0.3) is 22.0 Å². The number of nitrogens with zero attached hydrogens (tertiary/aromatic N) is 1. The van der Waals surface area contributed by atoms with E-state index in [4.69, 9.17) is 4.74 Å². The number of aryl methyl sites for hydroxylation is 1. The SMILES string of the molecule is COc1cccc(-c2cc(C)c3cccnc3c2O)c1. The minimum Gasteiger partial charge on any atom is -0.505 e. The quantitative estimate of drug-likeness (QED) is 0.763. The van der Waals surface area contributed by atoms with Crippen LogP contribution in [0.1, 0.15) is 5.56 Å². The van der Waals surface area contributed by atoms with Gasteiger partial charge in [0.1, 0.15) is 17.0 Å². The Morgan fingerprint density at radius 1 is 1.10 bits per heavy atom. The second kappa shape index (κ2) is 4.85. The van der Waals surface area contributed by atoms with Gasteiger partial charge in [0.2, 0.25) is 0 Å². The van der Waals surface area contributed by atoms with E-state index in [2.05, 4.69) is 4.98 Å². The Hall–Kier alpha value is -2.55. The van der Waals surface area contributed by atoms with Crippen molar-refractivity contribution in [3.05, 3.63) is 54.2 Å². The highest BCUT2D eigenvalue weighted by Gasteiger charge is 2.12. The Balaban J connectivity index is 2.28. The second-order valence-corrected chi connectivity index (χ2v) is 4.72. The van der Waals surface area contributed by atoms with E-state index >= 15 is 0 Å². The first-order valence-corrected chi connectivity index (χ1v) is 6.42. The van der Waals surface area contributed by atoms with Gasteiger partial charge in [-0.3, -0.25) is 4.98 Å². The standard InChI is InChI=1S/C17H15NO2/c1-11-9-15(12-5-3-6-13(10-12)20-2)17(19)16-14(11)7-4-8-18-16/h3-10,19H,1-2H3. The number of aromatic nitrogens is 1. The van der Waals surface area contributed by atoms with E-state index in [1.807, 2.05) is 49.4 Å². The van der Waals surface area contributed by atoms with Crippen molar-refractivity contribution < 1.29 is 9.84 Å². The molecule has 0 spiro atoms. The number of phenolic OH excluding ortho intramolecular Hbond substituents is 1. The number of hydrogen-bond acceptors (Lipinski definition) is 3. The number of ether oxygens (including phenoxy) is 1. The number of hydrogen-bond donors (Lipinski definition) is 1. The van der Waals surface area contributed by atoms with Crippen LogP contribution in [0.15, 0.2) is 48.7 Å². The molecule has 0 atom stereocenters. The lowest BCUT2D eigenvalue weighted by Crippen LogP contribution is -1.89. The van der Waals surface area contributed by atoms with Crippen molar-refractivity contribution in [1.29, 1.82) is 0 Å². The van der Waals surface area contributed by atoms with Gasteiger partial charge in [-0.1, -0.05) is 18.2 Å². The predicted molar refractivity (Wildman–Crippen MR) is 80.1 cm³/mol. The third kappa shape index (κ3) is 1.97. The first-order chi connectivity index (χ1) is 9.70. The molecular weight excluding hydrogens is 250 g/mol. The van der Waals surface area contributed by atoms with Crippen LogP contribution >= 0.6 is 0 Å². The topological polar surface area (TPSA) is 42.4 Å². The minimum atomic E-state index is 0.208. The van der Waals surface area contributed by atoms with Crippen molar-refractivity contribution in [1.82, 2.24) is 4.98 Å². The van der Waals surface area contributed by atoms with Crippen molar-refractivity contribution in [2.75, 3.05) is 7.11 Å². The van der Waals surface area contributed by atoms with E-state index in [1.165, 1.54) is 0 Å². The molecule has 1 N–H and O–H groups in total. The predicted octanol–water partition coefficient (Wildman–Crippen LogP) is 3.92. The summed E-state index contributed by atoms with van der Waals surface area (Å²) < 4.78 is 5.24. The largest absolute Gasteiger partial charge is 0.505 e. The maximum absolute atomic E-state index is 10.5. The lowest BCUT2D eigenvalue weighted by atomic mass is 9.98. The Labute approximate surface area is 117 Å². The molecule has 3 nitrogen and oxygen atoms in total. The van der Waals surface area contributed by atoms with Gasteiger partial charge >= 0.3 is 0 Å². The van der Waals surface area contributed by atoms with Gasteiger partial charge in [-0.25, -0.2) is 0 Å². The molecule has 3 heteroatoms. The highest BCUT2D eigenvalue weighted by molar-refractivity contribution is 5.94. The number of pyridine rings is 1. The monoisotopic (exact) mass is 265 g/mol. The Bertz CT molecular complexity index is 781. The van der Waals surface area contributed by atoms with Crippen LogP contribution < -0.4 is 4.74 Å². The van der Waals surface area contributed by atoms with Crippen LogP contribution in [-0.4, -0.2) is 17.2 Å². The summed E-state index contributed by atoms with van der Waals surface area (Å²) in [5, 5.41) is 11.5. The Kier molecular flexibility index (Phi) is 3.03. The van der Waals surface area contributed by atoms with Gasteiger partial charge in [-0.15, -0.1) is 0 Å². The summed E-state index contributed by atoms with van der Waals surface area (Å²) in [6.07, 6.45) is 1.69. The number of methoxy groups -OCH3 is 1. The van der Waals surface area contributed by atoms with Gasteiger partial charge in [-0.2, -0.15) is 0 Å². The van der Waals surface area contributed by atoms with Crippen molar-refractivity contribution in [3.63, 3.8) is 0 Å². The summed E-state index contributed by atoms with van der Waals surface area (Å²) in [5.74, 6) is 0.972. The number of benzene rings is 2. The van der Waals surface area contributed by atoms with Crippen LogP contribution in [0.4, 0.5) is 0 Å². The molecule has 0 unspecified atom stereocenters. The maximum atomic E-state index is 10.5. The summed E-state index contributed by atoms with van der Waals surface area (Å²) in [5.41, 5.74) is 3.40. The van der Waals surface area contributed by atoms with E-state index in [0.29, 0.717) is 5.52 Å². The summed E-state index contributed by atoms with van der Waals surface area (Å²) >= 11 is 0. The lowest BCUT2D eigenvalue weighted by molar-refractivity contribution is 0.415. The third-order valence-corrected chi connectivity index (χ3v) is 3.45. The van der Waals surface area contributed by atoms with Gasteiger partial charge in [-0.05, 0) is 42.3 Å². The van der Waals surface area contributed by atoms with Gasteiger partial charge in [0.05, 0.1) is 7.11 Å². The smallest absolute Gasteiger partial charge is 0.149 e. The molecule has 0 fully saturated rings. The highest BCUT2D eigenvalue weighted by Crippen LogP contribution is 2.37. The average Bonchev–Trinajstić information content (AvgIpc) is 2.51. The van der Waals surface area contributed by atoms with E-state index < -0.39 is 0 Å². The zero-order valence-electron chi connectivity index (χ0n) is 11.4. The summed E-state index contributed by atoms with van der Waals surface area (Å²) in [4.78, 5) is 4.29. The van der Waals surface area contributed by atoms with Crippen LogP contribution in [0.3, 0.4) is 0 Å². The molecule has 1 aromatic heterocycles. The highest BCUT2D eigenvalue weighted by atomic mass is 16.5. The zero-order valence-corrected chi connectivity index (χ0v) is 11.4. The molecule has 3 aromatic rings. The Morgan fingerprint density at radius 3 is 2.75 bits per heavy atom. The first-order valence-electron chi connectivity index (χ1n) is 6.42. The molecule has 0 aliphatic rings. The molecule has 20 heavy (non-hydrogen) atoms. The summed E-state index contributed by atoms with van der Waals surface area (Å²) in [6.45, 7) is 2.02. The second-order valence-electron chi connectivity index (χ2n) is 4.72. The lowest BCUT2D eigenvalue weighted by Gasteiger charge is -2.11. The molecule has 0 aliphatic carbocycles. The number of phenols is 1. The van der Waals surface area contributed by atoms with Crippen molar-refractivity contribution in [2.45, 2.75) is 6.92 Å². The van der Waals surface area contributed by atoms with Crippen LogP contribution in [0.2, 0.25) is 0 Å². The number of aromatic hydroxyl groups is 1. The van der Waals surface area contributed by atoms with Crippen molar-refractivity contribution in [2.24, 2.45) is 0 Å². The van der Waals surface area contributed by atoms with Gasteiger partial charge in [0.25, 0.3) is 0 Å². The molecular formula is C17H15NO2. The molecule has 0 aliphatic heterocycles. The molecule has 3 rings (SSSR count). The molecule has 100 valence electrons. The average molecular weight is 265 g/mol. The van der Waals surface area contributed by atoms with E-state index in [1.54, 1.807) is 13.3 Å². The first kappa shape index (κ1) is 12.5. The fourth-order valence-electron chi connectivity index (χ4n) is 2.41. The van der Waals surface area contributed by atoms with Crippen LogP contribution in [0.5, 0.6) is 11.5 Å². The third-order valence-electron chi connectivity index (χ3n) is 3.45. The molecule has 2 aromatic carbocycles. The molecule has 0 radical (unpaired) electrons. The molecule has 0 bridgehead atoms. The molecule has 0 saturated heterocycles. The summed E-state index contributed by atoms with van der Waals surface area (Å²) in [7, 11) is 1.63. The fraction of sp³-hybridized carbons (Fsp3) is 0.118. The molecule has 0 amide bonds. The van der Waals surface area contributed by atoms with E-state index in [9.17, 15) is 5.11 Å². The van der Waals surface area contributed by atoms with Crippen LogP contribution in [-0.2, 0) is 0 Å². The van der Waals surface area contributed by atoms with Gasteiger partial charge in [0.15, 0.2) is 0 Å². The Morgan fingerprint density at radius 2 is 1.95 bits per heavy atom. The van der Waals surface area contributed by atoms with Gasteiger partial charge < -0.3 is 9.84 Å². The normalized spacial score (nSPS) is 10.7. The summed E-state index contributed by atoms with van der Waals surface area (Å²) in [6, 6.07) is 13.5. The van der Waals surface area contributed by atoms with Crippen molar-refractivity contribution in [3.8, 4) is 22.6 Å². The zero-order chi connectivity index (χ0) is 14.1. The fourth-order valence-corrected chi connectivity index (χ4v) is 2.41. The molecule has 1 heterocycles. The van der Waals surface area contributed by atoms with E-state index in [-0.39, 0.29) is 5.75 Å². The molecule has 0 saturated carbocycles. The minimum absolute atomic E-state index is 0.208. The number of fused-ring (bicyclic) bond motifs is 1. The van der Waals surface area contributed by atoms with Gasteiger partial charge in [0, 0.05) is 17.1 Å². The maximum Gasteiger partial charge on any atom is 0.149 e. The van der Waals surface area contributed by atoms with Crippen molar-refractivity contribution >= 4 is 10.9 Å². The number of rotatable bonds is 2. The van der Waals surface area contributed by atoms with E-state index in [0.717, 1.165) is 27.8 Å².